The molecule has 0 aliphatic carbocycles. The standard InChI is InChI=1S/C20H19N3O6S/c1-27-16-10-4-13(12-17(16)28-2)5-11-18(24)21-20-23-22-19(29-20)14-6-8-15(9-7-14)30(3,25)26/h4-12H,1-3H3,(H,21,23,24)/b11-5+. The smallest absolute Gasteiger partial charge is 0.322 e. The number of ether oxygens (including phenoxy) is 2. The maximum absolute atomic E-state index is 12.1. The van der Waals surface area contributed by atoms with E-state index >= 15 is 0 Å². The molecule has 1 amide bonds. The molecule has 0 saturated carbocycles. The summed E-state index contributed by atoms with van der Waals surface area (Å²) in [6, 6.07) is 11.1. The van der Waals surface area contributed by atoms with Crippen molar-refractivity contribution in [1.29, 1.82) is 0 Å². The van der Waals surface area contributed by atoms with Gasteiger partial charge in [-0.1, -0.05) is 11.2 Å². The molecule has 9 nitrogen and oxygen atoms in total. The first-order valence-electron chi connectivity index (χ1n) is 8.65. The Bertz CT molecular complexity index is 1180. The van der Waals surface area contributed by atoms with Gasteiger partial charge in [0.05, 0.1) is 19.1 Å². The van der Waals surface area contributed by atoms with E-state index in [1.54, 1.807) is 43.5 Å². The summed E-state index contributed by atoms with van der Waals surface area (Å²) in [6.07, 6.45) is 4.03. The van der Waals surface area contributed by atoms with Gasteiger partial charge >= 0.3 is 6.01 Å². The van der Waals surface area contributed by atoms with Gasteiger partial charge in [-0.05, 0) is 48.0 Å². The van der Waals surface area contributed by atoms with Gasteiger partial charge in [0.1, 0.15) is 0 Å². The largest absolute Gasteiger partial charge is 0.493 e. The maximum atomic E-state index is 12.1. The van der Waals surface area contributed by atoms with E-state index < -0.39 is 15.7 Å². The minimum absolute atomic E-state index is 0.0841. The van der Waals surface area contributed by atoms with E-state index in [2.05, 4.69) is 15.5 Å². The zero-order chi connectivity index (χ0) is 21.7. The maximum Gasteiger partial charge on any atom is 0.322 e. The van der Waals surface area contributed by atoms with Crippen LogP contribution in [0.15, 0.2) is 57.9 Å². The number of carbonyl (C=O) groups excluding carboxylic acids is 1. The summed E-state index contributed by atoms with van der Waals surface area (Å²) >= 11 is 0. The van der Waals surface area contributed by atoms with E-state index in [9.17, 15) is 13.2 Å². The Balaban J connectivity index is 1.67. The second kappa shape index (κ2) is 8.78. The molecule has 0 aliphatic rings. The van der Waals surface area contributed by atoms with Crippen LogP contribution in [0, 0.1) is 0 Å². The molecule has 3 aromatic rings. The second-order valence-electron chi connectivity index (χ2n) is 6.15. The van der Waals surface area contributed by atoms with Crippen LogP contribution in [0.4, 0.5) is 6.01 Å². The van der Waals surface area contributed by atoms with Gasteiger partial charge in [0, 0.05) is 17.9 Å². The summed E-state index contributed by atoms with van der Waals surface area (Å²) < 4.78 is 38.8. The fourth-order valence-corrected chi connectivity index (χ4v) is 3.14. The molecule has 156 valence electrons. The molecule has 0 spiro atoms. The highest BCUT2D eigenvalue weighted by Gasteiger charge is 2.12. The third kappa shape index (κ3) is 5.03. The number of carbonyl (C=O) groups is 1. The molecular formula is C20H19N3O6S. The Morgan fingerprint density at radius 1 is 1.03 bits per heavy atom. The van der Waals surface area contributed by atoms with Gasteiger partial charge < -0.3 is 13.9 Å². The van der Waals surface area contributed by atoms with E-state index in [1.807, 2.05) is 0 Å². The van der Waals surface area contributed by atoms with Gasteiger partial charge in [0.2, 0.25) is 5.89 Å². The number of aromatic nitrogens is 2. The Kier molecular flexibility index (Phi) is 6.17. The Labute approximate surface area is 173 Å². The third-order valence-electron chi connectivity index (χ3n) is 4.02. The average molecular weight is 429 g/mol. The molecule has 1 aromatic heterocycles. The van der Waals surface area contributed by atoms with Gasteiger partial charge in [-0.2, -0.15) is 0 Å². The van der Waals surface area contributed by atoms with Gasteiger partial charge in [-0.15, -0.1) is 5.10 Å². The number of nitrogens with zero attached hydrogens (tertiary/aromatic N) is 2. The Hall–Kier alpha value is -3.66. The van der Waals surface area contributed by atoms with Crippen molar-refractivity contribution < 1.29 is 27.1 Å². The number of sulfone groups is 1. The third-order valence-corrected chi connectivity index (χ3v) is 5.15. The first-order chi connectivity index (χ1) is 14.3. The molecule has 1 N–H and O–H groups in total. The zero-order valence-corrected chi connectivity index (χ0v) is 17.3. The van der Waals surface area contributed by atoms with Crippen LogP contribution in [-0.2, 0) is 14.6 Å². The number of hydrogen-bond donors (Lipinski definition) is 1. The topological polar surface area (TPSA) is 121 Å². The minimum atomic E-state index is -3.30. The first kappa shape index (κ1) is 21.1. The lowest BCUT2D eigenvalue weighted by atomic mass is 10.2. The predicted molar refractivity (Wildman–Crippen MR) is 110 cm³/mol. The van der Waals surface area contributed by atoms with Crippen molar-refractivity contribution in [1.82, 2.24) is 10.2 Å². The zero-order valence-electron chi connectivity index (χ0n) is 16.4. The van der Waals surface area contributed by atoms with Crippen molar-refractivity contribution >= 4 is 27.8 Å². The molecule has 0 aliphatic heterocycles. The summed E-state index contributed by atoms with van der Waals surface area (Å²) in [5.74, 6) is 0.812. The van der Waals surface area contributed by atoms with Crippen molar-refractivity contribution in [2.45, 2.75) is 4.90 Å². The molecule has 0 fully saturated rings. The number of rotatable bonds is 7. The molecule has 0 atom stereocenters. The van der Waals surface area contributed by atoms with Crippen LogP contribution >= 0.6 is 0 Å². The number of anilines is 1. The Morgan fingerprint density at radius 2 is 1.73 bits per heavy atom. The lowest BCUT2D eigenvalue weighted by Crippen LogP contribution is -2.07. The summed E-state index contributed by atoms with van der Waals surface area (Å²) in [5, 5.41) is 10.1. The van der Waals surface area contributed by atoms with E-state index in [0.29, 0.717) is 17.1 Å². The number of methoxy groups -OCH3 is 2. The van der Waals surface area contributed by atoms with Crippen LogP contribution in [0.25, 0.3) is 17.5 Å². The van der Waals surface area contributed by atoms with Gasteiger partial charge in [0.25, 0.3) is 5.91 Å². The molecule has 3 rings (SSSR count). The van der Waals surface area contributed by atoms with Crippen molar-refractivity contribution in [3.05, 3.63) is 54.1 Å². The highest BCUT2D eigenvalue weighted by molar-refractivity contribution is 7.90. The SMILES string of the molecule is COc1ccc(/C=C/C(=O)Nc2nnc(-c3ccc(S(C)(=O)=O)cc3)o2)cc1OC. The van der Waals surface area contributed by atoms with Crippen LogP contribution in [0.2, 0.25) is 0 Å². The van der Waals surface area contributed by atoms with E-state index in [-0.39, 0.29) is 16.8 Å². The first-order valence-corrected chi connectivity index (χ1v) is 10.5. The number of hydrogen-bond acceptors (Lipinski definition) is 8. The second-order valence-corrected chi connectivity index (χ2v) is 8.16. The van der Waals surface area contributed by atoms with Crippen molar-refractivity contribution in [3.63, 3.8) is 0 Å². The van der Waals surface area contributed by atoms with Crippen molar-refractivity contribution in [2.75, 3.05) is 25.8 Å². The quantitative estimate of drug-likeness (QED) is 0.569. The summed E-state index contributed by atoms with van der Waals surface area (Å²) in [4.78, 5) is 12.3. The van der Waals surface area contributed by atoms with Crippen molar-refractivity contribution in [2.24, 2.45) is 0 Å². The van der Waals surface area contributed by atoms with E-state index in [1.165, 1.54) is 25.3 Å². The highest BCUT2D eigenvalue weighted by atomic mass is 32.2. The summed E-state index contributed by atoms with van der Waals surface area (Å²) in [6.45, 7) is 0. The number of benzene rings is 2. The van der Waals surface area contributed by atoms with Gasteiger partial charge in [-0.3, -0.25) is 10.1 Å². The van der Waals surface area contributed by atoms with Crippen LogP contribution in [0.1, 0.15) is 5.56 Å². The normalized spacial score (nSPS) is 11.4. The van der Waals surface area contributed by atoms with Crippen LogP contribution < -0.4 is 14.8 Å². The fourth-order valence-electron chi connectivity index (χ4n) is 2.51. The molecule has 0 unspecified atom stereocenters. The molecular weight excluding hydrogens is 410 g/mol. The molecule has 2 aromatic carbocycles. The lowest BCUT2D eigenvalue weighted by Gasteiger charge is -2.07. The lowest BCUT2D eigenvalue weighted by molar-refractivity contribution is -0.112. The fraction of sp³-hybridized carbons (Fsp3) is 0.150. The van der Waals surface area contributed by atoms with Gasteiger partial charge in [0.15, 0.2) is 21.3 Å². The van der Waals surface area contributed by atoms with E-state index in [0.717, 1.165) is 11.8 Å². The Morgan fingerprint density at radius 3 is 2.37 bits per heavy atom. The molecule has 30 heavy (non-hydrogen) atoms. The molecule has 10 heteroatoms. The van der Waals surface area contributed by atoms with E-state index in [4.69, 9.17) is 13.9 Å². The van der Waals surface area contributed by atoms with Crippen molar-refractivity contribution in [3.8, 4) is 23.0 Å². The number of amides is 1. The average Bonchev–Trinajstić information content (AvgIpc) is 3.19. The monoisotopic (exact) mass is 429 g/mol. The molecule has 0 saturated heterocycles. The van der Waals surface area contributed by atoms with Crippen LogP contribution in [-0.4, -0.2) is 45.0 Å². The van der Waals surface area contributed by atoms with Gasteiger partial charge in [-0.25, -0.2) is 8.42 Å². The minimum Gasteiger partial charge on any atom is -0.493 e. The summed E-state index contributed by atoms with van der Waals surface area (Å²) in [5.41, 5.74) is 1.26. The molecule has 1 heterocycles. The highest BCUT2D eigenvalue weighted by Crippen LogP contribution is 2.28. The molecule has 0 bridgehead atoms. The van der Waals surface area contributed by atoms with Crippen LogP contribution in [0.3, 0.4) is 0 Å². The number of nitrogens with one attached hydrogen (secondary N) is 1. The molecule has 0 radical (unpaired) electrons. The van der Waals surface area contributed by atoms with Crippen LogP contribution in [0.5, 0.6) is 11.5 Å². The summed E-state index contributed by atoms with van der Waals surface area (Å²) in [7, 11) is -0.227. The predicted octanol–water partition coefficient (Wildman–Crippen LogP) is 2.81.